The molecule has 23 heavy (non-hydrogen) atoms. The van der Waals surface area contributed by atoms with Gasteiger partial charge in [0.2, 0.25) is 0 Å². The zero-order chi connectivity index (χ0) is 16.5. The Hall–Kier alpha value is -3.02. The highest BCUT2D eigenvalue weighted by Crippen LogP contribution is 2.18. The number of nitrogens with one attached hydrogen (secondary N) is 1. The van der Waals surface area contributed by atoms with Gasteiger partial charge < -0.3 is 14.2 Å². The van der Waals surface area contributed by atoms with Gasteiger partial charge in [-0.1, -0.05) is 6.07 Å². The van der Waals surface area contributed by atoms with Crippen molar-refractivity contribution < 1.29 is 19.0 Å². The summed E-state index contributed by atoms with van der Waals surface area (Å²) in [5.74, 6) is 1.63. The van der Waals surface area contributed by atoms with Crippen molar-refractivity contribution in [2.24, 2.45) is 5.10 Å². The van der Waals surface area contributed by atoms with Crippen LogP contribution in [0.5, 0.6) is 17.2 Å². The van der Waals surface area contributed by atoms with E-state index in [1.54, 1.807) is 44.7 Å². The summed E-state index contributed by atoms with van der Waals surface area (Å²) >= 11 is 0. The molecule has 1 N–H and O–H groups in total. The van der Waals surface area contributed by atoms with Crippen molar-refractivity contribution in [3.63, 3.8) is 0 Å². The standard InChI is InChI=1S/C17H18N2O4/c1-21-14-8-6-13(7-9-14)11-18-19-17(20)12-23-16-5-3-4-15(10-16)22-2/h3-11H,12H2,1-2H3,(H,19,20)/b18-11+. The lowest BCUT2D eigenvalue weighted by molar-refractivity contribution is -0.123. The van der Waals surface area contributed by atoms with E-state index in [1.807, 2.05) is 24.3 Å². The minimum atomic E-state index is -0.349. The number of benzene rings is 2. The molecular weight excluding hydrogens is 296 g/mol. The molecule has 2 rings (SSSR count). The number of ether oxygens (including phenoxy) is 3. The number of rotatable bonds is 7. The minimum Gasteiger partial charge on any atom is -0.497 e. The third kappa shape index (κ3) is 5.35. The molecule has 6 nitrogen and oxygen atoms in total. The Morgan fingerprint density at radius 2 is 1.74 bits per heavy atom. The molecule has 0 spiro atoms. The highest BCUT2D eigenvalue weighted by atomic mass is 16.5. The molecule has 0 aliphatic carbocycles. The van der Waals surface area contributed by atoms with Crippen molar-refractivity contribution in [2.75, 3.05) is 20.8 Å². The van der Waals surface area contributed by atoms with E-state index in [9.17, 15) is 4.79 Å². The lowest BCUT2D eigenvalue weighted by atomic mass is 10.2. The number of hydrazone groups is 1. The van der Waals surface area contributed by atoms with Crippen LogP contribution in [0.3, 0.4) is 0 Å². The highest BCUT2D eigenvalue weighted by Gasteiger charge is 2.02. The molecule has 0 atom stereocenters. The Labute approximate surface area is 134 Å². The lowest BCUT2D eigenvalue weighted by Gasteiger charge is -2.06. The lowest BCUT2D eigenvalue weighted by Crippen LogP contribution is -2.24. The first kappa shape index (κ1) is 16.4. The first-order valence-electron chi connectivity index (χ1n) is 6.94. The second-order valence-electron chi connectivity index (χ2n) is 4.53. The van der Waals surface area contributed by atoms with E-state index >= 15 is 0 Å². The van der Waals surface area contributed by atoms with E-state index in [1.165, 1.54) is 0 Å². The van der Waals surface area contributed by atoms with Crippen LogP contribution >= 0.6 is 0 Å². The molecule has 1 amide bonds. The van der Waals surface area contributed by atoms with E-state index in [-0.39, 0.29) is 12.5 Å². The number of amides is 1. The maximum Gasteiger partial charge on any atom is 0.277 e. The van der Waals surface area contributed by atoms with E-state index in [4.69, 9.17) is 14.2 Å². The predicted molar refractivity (Wildman–Crippen MR) is 87.2 cm³/mol. The molecule has 0 radical (unpaired) electrons. The number of methoxy groups -OCH3 is 2. The zero-order valence-electron chi connectivity index (χ0n) is 13.0. The summed E-state index contributed by atoms with van der Waals surface area (Å²) in [6.07, 6.45) is 1.54. The van der Waals surface area contributed by atoms with Crippen molar-refractivity contribution in [3.8, 4) is 17.2 Å². The van der Waals surface area contributed by atoms with Gasteiger partial charge in [-0.3, -0.25) is 4.79 Å². The fourth-order valence-corrected chi connectivity index (χ4v) is 1.74. The molecule has 6 heteroatoms. The second kappa shape index (κ2) is 8.43. The number of nitrogens with zero attached hydrogens (tertiary/aromatic N) is 1. The van der Waals surface area contributed by atoms with Gasteiger partial charge in [-0.15, -0.1) is 0 Å². The Bertz CT molecular complexity index is 669. The first-order chi connectivity index (χ1) is 11.2. The van der Waals surface area contributed by atoms with Crippen molar-refractivity contribution >= 4 is 12.1 Å². The van der Waals surface area contributed by atoms with Crippen molar-refractivity contribution in [1.29, 1.82) is 0 Å². The molecule has 0 aliphatic heterocycles. The summed E-state index contributed by atoms with van der Waals surface area (Å²) in [4.78, 5) is 11.7. The molecule has 2 aromatic carbocycles. The molecule has 120 valence electrons. The van der Waals surface area contributed by atoms with Crippen LogP contribution in [0.25, 0.3) is 0 Å². The topological polar surface area (TPSA) is 69.2 Å². The molecule has 0 aliphatic rings. The molecule has 2 aromatic rings. The highest BCUT2D eigenvalue weighted by molar-refractivity contribution is 5.83. The summed E-state index contributed by atoms with van der Waals surface area (Å²) in [5, 5.41) is 3.87. The van der Waals surface area contributed by atoms with Crippen LogP contribution in [0.1, 0.15) is 5.56 Å². The van der Waals surface area contributed by atoms with Crippen LogP contribution in [0.2, 0.25) is 0 Å². The molecule has 0 aromatic heterocycles. The quantitative estimate of drug-likeness (QED) is 0.628. The Kier molecular flexibility index (Phi) is 5.99. The molecule has 0 unspecified atom stereocenters. The summed E-state index contributed by atoms with van der Waals surface area (Å²) in [6, 6.07) is 14.3. The largest absolute Gasteiger partial charge is 0.497 e. The predicted octanol–water partition coefficient (Wildman–Crippen LogP) is 2.23. The van der Waals surface area contributed by atoms with Gasteiger partial charge in [0.25, 0.3) is 5.91 Å². The van der Waals surface area contributed by atoms with Crippen molar-refractivity contribution in [2.45, 2.75) is 0 Å². The zero-order valence-corrected chi connectivity index (χ0v) is 13.0. The number of carbonyl (C=O) groups is 1. The van der Waals surface area contributed by atoms with Crippen LogP contribution < -0.4 is 19.6 Å². The fraction of sp³-hybridized carbons (Fsp3) is 0.176. The monoisotopic (exact) mass is 314 g/mol. The van der Waals surface area contributed by atoms with E-state index in [0.29, 0.717) is 11.5 Å². The molecule has 0 saturated carbocycles. The fourth-order valence-electron chi connectivity index (χ4n) is 1.74. The Morgan fingerprint density at radius 3 is 2.43 bits per heavy atom. The molecule has 0 fully saturated rings. The van der Waals surface area contributed by atoms with Gasteiger partial charge in [-0.05, 0) is 42.0 Å². The summed E-state index contributed by atoms with van der Waals surface area (Å²) in [6.45, 7) is -0.132. The van der Waals surface area contributed by atoms with Crippen molar-refractivity contribution in [3.05, 3.63) is 54.1 Å². The molecule has 0 saturated heterocycles. The second-order valence-corrected chi connectivity index (χ2v) is 4.53. The third-order valence-electron chi connectivity index (χ3n) is 2.93. The van der Waals surface area contributed by atoms with Crippen LogP contribution in [0.15, 0.2) is 53.6 Å². The summed E-state index contributed by atoms with van der Waals surface area (Å²) < 4.78 is 15.5. The van der Waals surface area contributed by atoms with Gasteiger partial charge in [0.15, 0.2) is 6.61 Å². The van der Waals surface area contributed by atoms with Crippen LogP contribution in [-0.4, -0.2) is 32.9 Å². The molecule has 0 bridgehead atoms. The number of hydrogen-bond donors (Lipinski definition) is 1. The van der Waals surface area contributed by atoms with E-state index in [0.717, 1.165) is 11.3 Å². The van der Waals surface area contributed by atoms with Crippen LogP contribution in [0.4, 0.5) is 0 Å². The van der Waals surface area contributed by atoms with E-state index < -0.39 is 0 Å². The van der Waals surface area contributed by atoms with Gasteiger partial charge in [0.05, 0.1) is 20.4 Å². The molecular formula is C17H18N2O4. The van der Waals surface area contributed by atoms with Crippen LogP contribution in [-0.2, 0) is 4.79 Å². The minimum absolute atomic E-state index is 0.132. The summed E-state index contributed by atoms with van der Waals surface area (Å²) in [5.41, 5.74) is 3.25. The SMILES string of the molecule is COc1ccc(/C=N/NC(=O)COc2cccc(OC)c2)cc1. The van der Waals surface area contributed by atoms with Gasteiger partial charge in [0, 0.05) is 6.07 Å². The third-order valence-corrected chi connectivity index (χ3v) is 2.93. The average molecular weight is 314 g/mol. The number of hydrogen-bond acceptors (Lipinski definition) is 5. The Balaban J connectivity index is 1.78. The average Bonchev–Trinajstić information content (AvgIpc) is 2.61. The van der Waals surface area contributed by atoms with Crippen LogP contribution in [0, 0.1) is 0 Å². The van der Waals surface area contributed by atoms with Crippen molar-refractivity contribution in [1.82, 2.24) is 5.43 Å². The van der Waals surface area contributed by atoms with E-state index in [2.05, 4.69) is 10.5 Å². The molecule has 0 heterocycles. The smallest absolute Gasteiger partial charge is 0.277 e. The normalized spacial score (nSPS) is 10.3. The maximum atomic E-state index is 11.7. The van der Waals surface area contributed by atoms with Gasteiger partial charge in [-0.2, -0.15) is 5.10 Å². The maximum absolute atomic E-state index is 11.7. The van der Waals surface area contributed by atoms with Gasteiger partial charge >= 0.3 is 0 Å². The number of carbonyl (C=O) groups excluding carboxylic acids is 1. The summed E-state index contributed by atoms with van der Waals surface area (Å²) in [7, 11) is 3.17. The van der Waals surface area contributed by atoms with Gasteiger partial charge in [0.1, 0.15) is 17.2 Å². The van der Waals surface area contributed by atoms with Gasteiger partial charge in [-0.25, -0.2) is 5.43 Å². The first-order valence-corrected chi connectivity index (χ1v) is 6.94. The Morgan fingerprint density at radius 1 is 1.04 bits per heavy atom.